The van der Waals surface area contributed by atoms with E-state index in [1.165, 1.54) is 12.1 Å². The van der Waals surface area contributed by atoms with Crippen molar-refractivity contribution in [1.29, 1.82) is 0 Å². The molecule has 36 heavy (non-hydrogen) atoms. The Labute approximate surface area is 210 Å². The minimum atomic E-state index is -0.259. The van der Waals surface area contributed by atoms with Crippen molar-refractivity contribution < 1.29 is 9.18 Å². The van der Waals surface area contributed by atoms with E-state index in [9.17, 15) is 9.18 Å². The first-order valence-electron chi connectivity index (χ1n) is 12.5. The van der Waals surface area contributed by atoms with Crippen molar-refractivity contribution in [3.8, 4) is 0 Å². The van der Waals surface area contributed by atoms with Crippen LogP contribution >= 0.6 is 0 Å². The summed E-state index contributed by atoms with van der Waals surface area (Å²) < 4.78 is 13.5. The van der Waals surface area contributed by atoms with Crippen LogP contribution in [0.1, 0.15) is 49.4 Å². The molecule has 184 valence electrons. The lowest BCUT2D eigenvalue weighted by atomic mass is 9.90. The third kappa shape index (κ3) is 5.20. The summed E-state index contributed by atoms with van der Waals surface area (Å²) in [4.78, 5) is 31.7. The molecule has 0 saturated carbocycles. The highest BCUT2D eigenvalue weighted by Crippen LogP contribution is 2.31. The van der Waals surface area contributed by atoms with Gasteiger partial charge in [0, 0.05) is 43.8 Å². The van der Waals surface area contributed by atoms with Gasteiger partial charge in [-0.1, -0.05) is 49.7 Å². The van der Waals surface area contributed by atoms with Crippen molar-refractivity contribution in [2.24, 2.45) is 0 Å². The molecule has 2 atom stereocenters. The Bertz CT molecular complexity index is 1310. The van der Waals surface area contributed by atoms with E-state index in [0.717, 1.165) is 35.0 Å². The van der Waals surface area contributed by atoms with Crippen molar-refractivity contribution in [2.75, 3.05) is 24.5 Å². The second kappa shape index (κ2) is 10.8. The highest BCUT2D eigenvalue weighted by atomic mass is 19.1. The fraction of sp³-hybridized carbons (Fsp3) is 0.310. The predicted octanol–water partition coefficient (Wildman–Crippen LogP) is 5.53. The number of fused-ring (bicyclic) bond motifs is 1. The Morgan fingerprint density at radius 1 is 1.03 bits per heavy atom. The molecule has 2 aromatic heterocycles. The number of piperazine rings is 1. The minimum absolute atomic E-state index is 0.0678. The third-order valence-corrected chi connectivity index (χ3v) is 6.90. The van der Waals surface area contributed by atoms with Crippen LogP contribution in [0, 0.1) is 5.82 Å². The molecule has 5 rings (SSSR count). The molecule has 7 heteroatoms. The molecule has 0 spiro atoms. The minimum Gasteiger partial charge on any atom is -0.338 e. The maximum absolute atomic E-state index is 13.5. The van der Waals surface area contributed by atoms with Gasteiger partial charge in [0.25, 0.3) is 0 Å². The highest BCUT2D eigenvalue weighted by molar-refractivity contribution is 5.79. The van der Waals surface area contributed by atoms with Gasteiger partial charge in [-0.3, -0.25) is 9.78 Å². The zero-order valence-electron chi connectivity index (χ0n) is 20.4. The summed E-state index contributed by atoms with van der Waals surface area (Å²) in [6.45, 7) is 3.82. The van der Waals surface area contributed by atoms with Crippen LogP contribution in [0.15, 0.2) is 79.1 Å². The molecule has 0 unspecified atom stereocenters. The first-order chi connectivity index (χ1) is 17.6. The van der Waals surface area contributed by atoms with Gasteiger partial charge in [0.15, 0.2) is 0 Å². The van der Waals surface area contributed by atoms with Crippen molar-refractivity contribution in [1.82, 2.24) is 19.9 Å². The quantitative estimate of drug-likeness (QED) is 0.346. The number of carbonyl (C=O) groups excluding carboxylic acids is 1. The van der Waals surface area contributed by atoms with Crippen LogP contribution in [-0.2, 0) is 4.79 Å². The molecule has 1 saturated heterocycles. The molecular weight excluding hydrogens is 453 g/mol. The van der Waals surface area contributed by atoms with Gasteiger partial charge in [-0.05, 0) is 48.2 Å². The van der Waals surface area contributed by atoms with Gasteiger partial charge in [0.2, 0.25) is 11.9 Å². The first kappa shape index (κ1) is 23.9. The van der Waals surface area contributed by atoms with E-state index < -0.39 is 0 Å². The fourth-order valence-electron chi connectivity index (χ4n) is 4.99. The van der Waals surface area contributed by atoms with Crippen molar-refractivity contribution in [2.45, 2.75) is 38.1 Å². The molecule has 1 aliphatic rings. The summed E-state index contributed by atoms with van der Waals surface area (Å²) in [6.07, 6.45) is 5.87. The van der Waals surface area contributed by atoms with E-state index in [1.807, 2.05) is 53.6 Å². The van der Waals surface area contributed by atoms with E-state index in [0.29, 0.717) is 32.0 Å². The van der Waals surface area contributed by atoms with Gasteiger partial charge < -0.3 is 9.80 Å². The number of aromatic nitrogens is 3. The van der Waals surface area contributed by atoms with Crippen LogP contribution in [0.25, 0.3) is 10.9 Å². The number of hydrogen-bond acceptors (Lipinski definition) is 5. The molecule has 2 aromatic carbocycles. The Balaban J connectivity index is 1.38. The first-order valence-corrected chi connectivity index (χ1v) is 12.5. The third-order valence-electron chi connectivity index (χ3n) is 6.90. The second-order valence-electron chi connectivity index (χ2n) is 9.27. The molecule has 1 amide bonds. The highest BCUT2D eigenvalue weighted by Gasteiger charge is 2.33. The van der Waals surface area contributed by atoms with Gasteiger partial charge in [0.05, 0.1) is 17.3 Å². The fourth-order valence-corrected chi connectivity index (χ4v) is 4.99. The number of amides is 1. The number of carbonyl (C=O) groups is 1. The molecule has 0 aliphatic carbocycles. The van der Waals surface area contributed by atoms with E-state index in [4.69, 9.17) is 4.98 Å². The number of benzene rings is 2. The maximum Gasteiger partial charge on any atom is 0.226 e. The number of para-hydroxylation sites is 1. The number of rotatable bonds is 7. The van der Waals surface area contributed by atoms with Crippen LogP contribution < -0.4 is 4.90 Å². The second-order valence-corrected chi connectivity index (χ2v) is 9.27. The monoisotopic (exact) mass is 483 g/mol. The molecule has 0 bridgehead atoms. The Morgan fingerprint density at radius 2 is 1.83 bits per heavy atom. The SMILES string of the molecule is CCC[C@H](CC(=O)N1CCN(c2ncc3ccccc3n2)[C@H](c2ccccn2)C1)c1ccc(F)cc1. The summed E-state index contributed by atoms with van der Waals surface area (Å²) in [5, 5.41) is 0.993. The van der Waals surface area contributed by atoms with E-state index >= 15 is 0 Å². The summed E-state index contributed by atoms with van der Waals surface area (Å²) in [7, 11) is 0. The van der Waals surface area contributed by atoms with Gasteiger partial charge in [-0.15, -0.1) is 0 Å². The molecule has 0 radical (unpaired) electrons. The molecule has 6 nitrogen and oxygen atoms in total. The summed E-state index contributed by atoms with van der Waals surface area (Å²) >= 11 is 0. The van der Waals surface area contributed by atoms with Gasteiger partial charge in [0.1, 0.15) is 5.82 Å². The molecule has 0 N–H and O–H groups in total. The average Bonchev–Trinajstić information content (AvgIpc) is 2.93. The molecule has 3 heterocycles. The van der Waals surface area contributed by atoms with Crippen molar-refractivity contribution >= 4 is 22.8 Å². The number of hydrogen-bond donors (Lipinski definition) is 0. The number of halogens is 1. The molecule has 1 fully saturated rings. The largest absolute Gasteiger partial charge is 0.338 e. The number of pyridine rings is 1. The van der Waals surface area contributed by atoms with Gasteiger partial charge in [-0.2, -0.15) is 0 Å². The lowest BCUT2D eigenvalue weighted by Crippen LogP contribution is -2.51. The summed E-state index contributed by atoms with van der Waals surface area (Å²) in [5.41, 5.74) is 2.79. The van der Waals surface area contributed by atoms with E-state index in [1.54, 1.807) is 18.3 Å². The standard InChI is InChI=1S/C29H30FN5O/c1-2-7-22(21-11-13-24(30)14-12-21)18-28(36)34-16-17-35(27(20-34)26-10-5-6-15-31-26)29-32-19-23-8-3-4-9-25(23)33-29/h3-6,8-15,19,22,27H,2,7,16-18,20H2,1H3/t22-,27+/m1/s1. The smallest absolute Gasteiger partial charge is 0.226 e. The maximum atomic E-state index is 13.5. The van der Waals surface area contributed by atoms with Crippen molar-refractivity contribution in [3.63, 3.8) is 0 Å². The molecule has 4 aromatic rings. The number of nitrogens with zero attached hydrogens (tertiary/aromatic N) is 5. The lowest BCUT2D eigenvalue weighted by Gasteiger charge is -2.41. The van der Waals surface area contributed by atoms with E-state index in [-0.39, 0.29) is 23.7 Å². The summed E-state index contributed by atoms with van der Waals surface area (Å²) in [5.74, 6) is 0.563. The van der Waals surface area contributed by atoms with Crippen LogP contribution in [0.5, 0.6) is 0 Å². The van der Waals surface area contributed by atoms with Crippen LogP contribution in [0.2, 0.25) is 0 Å². The topological polar surface area (TPSA) is 62.2 Å². The Kier molecular flexibility index (Phi) is 7.16. The van der Waals surface area contributed by atoms with Gasteiger partial charge in [-0.25, -0.2) is 14.4 Å². The van der Waals surface area contributed by atoms with Gasteiger partial charge >= 0.3 is 0 Å². The zero-order chi connectivity index (χ0) is 24.9. The van der Waals surface area contributed by atoms with E-state index in [2.05, 4.69) is 21.8 Å². The molecular formula is C29H30FN5O. The Hall–Kier alpha value is -3.87. The van der Waals surface area contributed by atoms with Crippen LogP contribution in [0.4, 0.5) is 10.3 Å². The van der Waals surface area contributed by atoms with Crippen LogP contribution in [-0.4, -0.2) is 45.4 Å². The molecule has 1 aliphatic heterocycles. The summed E-state index contributed by atoms with van der Waals surface area (Å²) in [6, 6.07) is 20.2. The number of anilines is 1. The average molecular weight is 484 g/mol. The predicted molar refractivity (Wildman–Crippen MR) is 139 cm³/mol. The van der Waals surface area contributed by atoms with Crippen molar-refractivity contribution in [3.05, 3.63) is 96.2 Å². The van der Waals surface area contributed by atoms with Crippen LogP contribution in [0.3, 0.4) is 0 Å². The zero-order valence-corrected chi connectivity index (χ0v) is 20.4. The Morgan fingerprint density at radius 3 is 2.61 bits per heavy atom. The normalized spacial score (nSPS) is 16.8. The lowest BCUT2D eigenvalue weighted by molar-refractivity contribution is -0.132.